The molecule has 0 spiro atoms. The minimum atomic E-state index is 0.497. The molecule has 0 N–H and O–H groups in total. The van der Waals surface area contributed by atoms with Crippen LogP contribution in [0, 0.1) is 0 Å². The fourth-order valence-corrected chi connectivity index (χ4v) is 9.84. The first-order valence-electron chi connectivity index (χ1n) is 22.9. The zero-order valence-corrected chi connectivity index (χ0v) is 36.8. The van der Waals surface area contributed by atoms with Gasteiger partial charge in [-0.25, -0.2) is 15.0 Å². The van der Waals surface area contributed by atoms with E-state index in [4.69, 9.17) is 19.9 Å². The Kier molecular flexibility index (Phi) is 9.39. The zero-order valence-electron chi connectivity index (χ0n) is 36.8. The topological polar surface area (TPSA) is 61.4 Å². The van der Waals surface area contributed by atoms with Gasteiger partial charge in [-0.2, -0.15) is 0 Å². The highest BCUT2D eigenvalue weighted by Gasteiger charge is 2.19. The van der Waals surface area contributed by atoms with E-state index in [0.717, 1.165) is 66.8 Å². The highest BCUT2D eigenvalue weighted by atomic mass is 15.1. The second-order valence-electron chi connectivity index (χ2n) is 17.1. The SMILES string of the molecule is c1ccc(-c2cccc(-c3ccc(-n4c5ccccc5c5ccccc54)c(-c4ccc(-c5nc(-c6ccccc6)nc(-c6cccc(-n7c8ccccc8c8ccccc87)c6)n5)nc4)c3)c2)cc1. The van der Waals surface area contributed by atoms with Gasteiger partial charge in [0.05, 0.1) is 27.8 Å². The molecule has 4 heterocycles. The molecular weight excluding hydrogens is 829 g/mol. The molecule has 0 aliphatic carbocycles. The molecule has 0 aliphatic heterocycles. The summed E-state index contributed by atoms with van der Waals surface area (Å²) in [5.41, 5.74) is 15.7. The van der Waals surface area contributed by atoms with E-state index < -0.39 is 0 Å². The number of para-hydroxylation sites is 4. The van der Waals surface area contributed by atoms with Gasteiger partial charge in [0.2, 0.25) is 0 Å². The summed E-state index contributed by atoms with van der Waals surface area (Å²) in [6.45, 7) is 0. The van der Waals surface area contributed by atoms with Crippen LogP contribution in [-0.4, -0.2) is 29.1 Å². The molecule has 0 radical (unpaired) electrons. The average Bonchev–Trinajstić information content (AvgIpc) is 3.94. The van der Waals surface area contributed by atoms with Crippen molar-refractivity contribution in [1.82, 2.24) is 29.1 Å². The molecule has 0 saturated heterocycles. The lowest BCUT2D eigenvalue weighted by atomic mass is 9.95. The molecule has 318 valence electrons. The molecule has 6 nitrogen and oxygen atoms in total. The van der Waals surface area contributed by atoms with E-state index in [-0.39, 0.29) is 0 Å². The summed E-state index contributed by atoms with van der Waals surface area (Å²) in [6.07, 6.45) is 1.96. The summed E-state index contributed by atoms with van der Waals surface area (Å²) in [5.74, 6) is 1.65. The molecule has 0 bridgehead atoms. The van der Waals surface area contributed by atoms with E-state index >= 15 is 0 Å². The molecule has 13 rings (SSSR count). The van der Waals surface area contributed by atoms with Crippen molar-refractivity contribution >= 4 is 43.6 Å². The third-order valence-corrected chi connectivity index (χ3v) is 13.0. The average molecular weight is 869 g/mol. The van der Waals surface area contributed by atoms with Crippen molar-refractivity contribution in [2.75, 3.05) is 0 Å². The van der Waals surface area contributed by atoms with E-state index in [9.17, 15) is 0 Å². The van der Waals surface area contributed by atoms with Crippen LogP contribution in [0.2, 0.25) is 0 Å². The van der Waals surface area contributed by atoms with Crippen LogP contribution < -0.4 is 0 Å². The summed E-state index contributed by atoms with van der Waals surface area (Å²) in [6, 6.07) is 83.3. The maximum atomic E-state index is 5.16. The van der Waals surface area contributed by atoms with Crippen LogP contribution in [0.5, 0.6) is 0 Å². The van der Waals surface area contributed by atoms with Crippen molar-refractivity contribution in [3.8, 4) is 79.0 Å². The van der Waals surface area contributed by atoms with Gasteiger partial charge in [-0.15, -0.1) is 0 Å². The van der Waals surface area contributed by atoms with Crippen LogP contribution in [-0.2, 0) is 0 Å². The molecule has 68 heavy (non-hydrogen) atoms. The molecule has 13 aromatic rings. The van der Waals surface area contributed by atoms with Crippen molar-refractivity contribution in [2.45, 2.75) is 0 Å². The van der Waals surface area contributed by atoms with Gasteiger partial charge in [0, 0.05) is 55.7 Å². The van der Waals surface area contributed by atoms with Crippen molar-refractivity contribution in [2.24, 2.45) is 0 Å². The molecule has 6 heteroatoms. The quantitative estimate of drug-likeness (QED) is 0.153. The summed E-state index contributed by atoms with van der Waals surface area (Å²) in [5, 5.41) is 4.84. The van der Waals surface area contributed by atoms with E-state index in [2.05, 4.69) is 209 Å². The van der Waals surface area contributed by atoms with Crippen molar-refractivity contribution in [3.63, 3.8) is 0 Å². The third-order valence-electron chi connectivity index (χ3n) is 13.0. The predicted octanol–water partition coefficient (Wildman–Crippen LogP) is 15.5. The van der Waals surface area contributed by atoms with Crippen molar-refractivity contribution in [1.29, 1.82) is 0 Å². The first-order valence-corrected chi connectivity index (χ1v) is 22.9. The van der Waals surface area contributed by atoms with Crippen molar-refractivity contribution in [3.05, 3.63) is 243 Å². The molecule has 9 aromatic carbocycles. The fraction of sp³-hybridized carbons (Fsp3) is 0. The lowest BCUT2D eigenvalue weighted by Crippen LogP contribution is -2.02. The van der Waals surface area contributed by atoms with Gasteiger partial charge in [-0.05, 0) is 82.9 Å². The predicted molar refractivity (Wildman–Crippen MR) is 279 cm³/mol. The first-order chi connectivity index (χ1) is 33.7. The highest BCUT2D eigenvalue weighted by Crippen LogP contribution is 2.40. The van der Waals surface area contributed by atoms with Crippen molar-refractivity contribution < 1.29 is 0 Å². The standard InChI is InChI=1S/C62H40N6/c1-3-17-41(18-4-1)43-21-15-22-44(37-43)45-34-36-59(68-57-31-13-9-27-51(57)52-28-10-14-32-58(52)68)53(39-45)47-33-35-54(63-40-47)62-65-60(42-19-5-2-6-20-42)64-61(66-62)46-23-16-24-48(38-46)67-55-29-11-7-25-49(55)50-26-8-12-30-56(50)67/h1-40H. The minimum Gasteiger partial charge on any atom is -0.309 e. The second kappa shape index (κ2) is 16.3. The summed E-state index contributed by atoms with van der Waals surface area (Å²) < 4.78 is 4.70. The smallest absolute Gasteiger partial charge is 0.182 e. The van der Waals surface area contributed by atoms with Crippen LogP contribution in [0.4, 0.5) is 0 Å². The van der Waals surface area contributed by atoms with E-state index in [1.165, 1.54) is 32.7 Å². The number of benzene rings is 9. The molecule has 0 fully saturated rings. The fourth-order valence-electron chi connectivity index (χ4n) is 9.84. The highest BCUT2D eigenvalue weighted by molar-refractivity contribution is 6.10. The Morgan fingerprint density at radius 3 is 1.34 bits per heavy atom. The Morgan fingerprint density at radius 2 is 0.735 bits per heavy atom. The van der Waals surface area contributed by atoms with E-state index in [1.54, 1.807) is 0 Å². The summed E-state index contributed by atoms with van der Waals surface area (Å²) in [4.78, 5) is 20.5. The molecule has 4 aromatic heterocycles. The van der Waals surface area contributed by atoms with Gasteiger partial charge in [0.15, 0.2) is 17.5 Å². The summed E-state index contributed by atoms with van der Waals surface area (Å²) in [7, 11) is 0. The maximum absolute atomic E-state index is 5.16. The van der Waals surface area contributed by atoms with Crippen LogP contribution in [0.3, 0.4) is 0 Å². The Morgan fingerprint density at radius 1 is 0.279 bits per heavy atom. The van der Waals surface area contributed by atoms with Crippen LogP contribution in [0.25, 0.3) is 123 Å². The monoisotopic (exact) mass is 868 g/mol. The Bertz CT molecular complexity index is 3910. The molecule has 0 amide bonds. The van der Waals surface area contributed by atoms with Gasteiger partial charge < -0.3 is 9.13 Å². The van der Waals surface area contributed by atoms with Gasteiger partial charge in [-0.1, -0.05) is 176 Å². The second-order valence-corrected chi connectivity index (χ2v) is 17.1. The number of aromatic nitrogens is 6. The number of nitrogens with zero attached hydrogens (tertiary/aromatic N) is 6. The van der Waals surface area contributed by atoms with E-state index in [1.807, 2.05) is 42.6 Å². The normalized spacial score (nSPS) is 11.5. The largest absolute Gasteiger partial charge is 0.309 e. The first kappa shape index (κ1) is 39.1. The third kappa shape index (κ3) is 6.74. The Hall–Kier alpha value is -9.26. The number of fused-ring (bicyclic) bond motifs is 6. The number of hydrogen-bond donors (Lipinski definition) is 0. The molecule has 0 aliphatic rings. The Labute approximate surface area is 392 Å². The van der Waals surface area contributed by atoms with Crippen LogP contribution in [0.15, 0.2) is 243 Å². The summed E-state index contributed by atoms with van der Waals surface area (Å²) >= 11 is 0. The molecular formula is C62H40N6. The molecule has 0 atom stereocenters. The lowest BCUT2D eigenvalue weighted by Gasteiger charge is -2.16. The van der Waals surface area contributed by atoms with Crippen LogP contribution in [0.1, 0.15) is 0 Å². The minimum absolute atomic E-state index is 0.497. The number of hydrogen-bond acceptors (Lipinski definition) is 4. The van der Waals surface area contributed by atoms with Gasteiger partial charge in [-0.3, -0.25) is 4.98 Å². The van der Waals surface area contributed by atoms with Gasteiger partial charge in [0.1, 0.15) is 5.69 Å². The number of rotatable bonds is 8. The molecule has 0 saturated carbocycles. The maximum Gasteiger partial charge on any atom is 0.182 e. The Balaban J connectivity index is 0.951. The van der Waals surface area contributed by atoms with Gasteiger partial charge >= 0.3 is 0 Å². The molecule has 0 unspecified atom stereocenters. The van der Waals surface area contributed by atoms with E-state index in [0.29, 0.717) is 23.2 Å². The van der Waals surface area contributed by atoms with Gasteiger partial charge in [0.25, 0.3) is 0 Å². The zero-order chi connectivity index (χ0) is 45.0. The van der Waals surface area contributed by atoms with Crippen LogP contribution >= 0.6 is 0 Å². The number of pyridine rings is 1. The lowest BCUT2D eigenvalue weighted by molar-refractivity contribution is 1.06.